The van der Waals surface area contributed by atoms with Crippen LogP contribution in [0.1, 0.15) is 21.7 Å². The van der Waals surface area contributed by atoms with Crippen LogP contribution in [0.4, 0.5) is 5.82 Å². The highest BCUT2D eigenvalue weighted by Gasteiger charge is 2.19. The van der Waals surface area contributed by atoms with E-state index < -0.39 is 0 Å². The maximum Gasteiger partial charge on any atom is 0.279 e. The monoisotopic (exact) mass is 438 g/mol. The van der Waals surface area contributed by atoms with Gasteiger partial charge in [0, 0.05) is 6.07 Å². The minimum atomic E-state index is -0.341. The minimum absolute atomic E-state index is 0.253. The molecule has 33 heavy (non-hydrogen) atoms. The smallest absolute Gasteiger partial charge is 0.279 e. The summed E-state index contributed by atoms with van der Waals surface area (Å²) in [6.45, 7) is 2.34. The molecule has 0 spiro atoms. The molecule has 1 amide bonds. The summed E-state index contributed by atoms with van der Waals surface area (Å²) in [5, 5.41) is 17.9. The van der Waals surface area contributed by atoms with Gasteiger partial charge >= 0.3 is 0 Å². The van der Waals surface area contributed by atoms with E-state index in [9.17, 15) is 4.79 Å². The number of hydrogen-bond donors (Lipinski definition) is 1. The average Bonchev–Trinajstić information content (AvgIpc) is 3.45. The van der Waals surface area contributed by atoms with E-state index in [1.165, 1.54) is 5.39 Å². The highest BCUT2D eigenvalue weighted by Crippen LogP contribution is 2.21. The van der Waals surface area contributed by atoms with Crippen molar-refractivity contribution in [3.05, 3.63) is 95.9 Å². The van der Waals surface area contributed by atoms with Crippen LogP contribution in [0.5, 0.6) is 5.75 Å². The minimum Gasteiger partial charge on any atom is -0.497 e. The fourth-order valence-corrected chi connectivity index (χ4v) is 3.84. The van der Waals surface area contributed by atoms with Gasteiger partial charge in [-0.05, 0) is 47.5 Å². The lowest BCUT2D eigenvalue weighted by molar-refractivity contribution is 0.102. The van der Waals surface area contributed by atoms with Crippen LogP contribution in [0.3, 0.4) is 0 Å². The number of ether oxygens (including phenoxy) is 1. The van der Waals surface area contributed by atoms with Gasteiger partial charge in [0.05, 0.1) is 31.2 Å². The van der Waals surface area contributed by atoms with Crippen LogP contribution in [0.15, 0.2) is 79.0 Å². The SMILES string of the molecule is COc1ccc(-n2nnc(C(=O)Nc3ccnn3Cc3cccc4ccccc34)c2C)cc1. The molecule has 0 saturated heterocycles. The molecule has 8 heteroatoms. The van der Waals surface area contributed by atoms with Gasteiger partial charge in [0.2, 0.25) is 0 Å². The molecule has 164 valence electrons. The second-order valence-corrected chi connectivity index (χ2v) is 7.60. The Bertz CT molecular complexity index is 1430. The first-order valence-electron chi connectivity index (χ1n) is 10.5. The lowest BCUT2D eigenvalue weighted by Crippen LogP contribution is -2.18. The summed E-state index contributed by atoms with van der Waals surface area (Å²) in [5.74, 6) is 0.993. The van der Waals surface area contributed by atoms with Crippen LogP contribution in [0, 0.1) is 6.92 Å². The molecule has 5 rings (SSSR count). The Kier molecular flexibility index (Phi) is 5.32. The molecule has 0 bridgehead atoms. The van der Waals surface area contributed by atoms with Gasteiger partial charge < -0.3 is 10.1 Å². The van der Waals surface area contributed by atoms with E-state index in [4.69, 9.17) is 4.74 Å². The van der Waals surface area contributed by atoms with Gasteiger partial charge in [-0.3, -0.25) is 4.79 Å². The summed E-state index contributed by atoms with van der Waals surface area (Å²) in [4.78, 5) is 13.0. The second-order valence-electron chi connectivity index (χ2n) is 7.60. The Labute approximate surface area is 190 Å². The van der Waals surface area contributed by atoms with Gasteiger partial charge in [-0.2, -0.15) is 5.10 Å². The number of hydrogen-bond acceptors (Lipinski definition) is 5. The van der Waals surface area contributed by atoms with Crippen molar-refractivity contribution in [2.45, 2.75) is 13.5 Å². The Balaban J connectivity index is 1.37. The third-order valence-corrected chi connectivity index (χ3v) is 5.58. The maximum absolute atomic E-state index is 13.0. The molecule has 0 aliphatic heterocycles. The highest BCUT2D eigenvalue weighted by atomic mass is 16.5. The van der Waals surface area contributed by atoms with E-state index >= 15 is 0 Å². The third-order valence-electron chi connectivity index (χ3n) is 5.58. The van der Waals surface area contributed by atoms with E-state index in [-0.39, 0.29) is 11.6 Å². The molecule has 3 aromatic carbocycles. The van der Waals surface area contributed by atoms with Crippen LogP contribution in [0.2, 0.25) is 0 Å². The number of benzene rings is 3. The number of nitrogens with zero attached hydrogens (tertiary/aromatic N) is 5. The van der Waals surface area contributed by atoms with E-state index in [2.05, 4.69) is 45.0 Å². The van der Waals surface area contributed by atoms with Crippen LogP contribution >= 0.6 is 0 Å². The standard InChI is InChI=1S/C25H22N6O2/c1-17-24(28-29-31(17)20-10-12-21(33-2)13-11-20)25(32)27-23-14-15-26-30(23)16-19-8-5-7-18-6-3-4-9-22(18)19/h3-15H,16H2,1-2H3,(H,27,32). The molecule has 2 aromatic heterocycles. The van der Waals surface area contributed by atoms with Crippen LogP contribution < -0.4 is 10.1 Å². The van der Waals surface area contributed by atoms with Crippen molar-refractivity contribution in [1.82, 2.24) is 24.8 Å². The molecule has 0 aliphatic carbocycles. The summed E-state index contributed by atoms with van der Waals surface area (Å²) in [6.07, 6.45) is 1.67. The van der Waals surface area contributed by atoms with E-state index in [0.717, 1.165) is 22.4 Å². The number of nitrogens with one attached hydrogen (secondary N) is 1. The van der Waals surface area contributed by atoms with Crippen molar-refractivity contribution >= 4 is 22.5 Å². The van der Waals surface area contributed by atoms with Crippen molar-refractivity contribution in [2.75, 3.05) is 12.4 Å². The lowest BCUT2D eigenvalue weighted by Gasteiger charge is -2.11. The topological polar surface area (TPSA) is 86.9 Å². The first-order valence-corrected chi connectivity index (χ1v) is 10.5. The molecule has 0 radical (unpaired) electrons. The molecule has 8 nitrogen and oxygen atoms in total. The first kappa shape index (κ1) is 20.4. The number of fused-ring (bicyclic) bond motifs is 1. The molecule has 5 aromatic rings. The summed E-state index contributed by atoms with van der Waals surface area (Å²) in [6, 6.07) is 23.6. The number of amides is 1. The van der Waals surface area contributed by atoms with E-state index in [1.54, 1.807) is 28.7 Å². The zero-order valence-corrected chi connectivity index (χ0v) is 18.3. The molecule has 0 aliphatic rings. The molecule has 1 N–H and O–H groups in total. The molecule has 0 atom stereocenters. The van der Waals surface area contributed by atoms with Gasteiger partial charge in [-0.15, -0.1) is 5.10 Å². The average molecular weight is 438 g/mol. The van der Waals surface area contributed by atoms with Gasteiger partial charge in [-0.1, -0.05) is 47.7 Å². The van der Waals surface area contributed by atoms with Crippen LogP contribution in [-0.4, -0.2) is 37.8 Å². The second kappa shape index (κ2) is 8.58. The number of carbonyl (C=O) groups excluding carboxylic acids is 1. The zero-order chi connectivity index (χ0) is 22.8. The van der Waals surface area contributed by atoms with Crippen molar-refractivity contribution in [1.29, 1.82) is 0 Å². The van der Waals surface area contributed by atoms with E-state index in [1.807, 2.05) is 49.4 Å². The van der Waals surface area contributed by atoms with Gasteiger partial charge in [0.1, 0.15) is 11.6 Å². The predicted molar refractivity (Wildman–Crippen MR) is 126 cm³/mol. The predicted octanol–water partition coefficient (Wildman–Crippen LogP) is 4.23. The van der Waals surface area contributed by atoms with E-state index in [0.29, 0.717) is 18.1 Å². The highest BCUT2D eigenvalue weighted by molar-refractivity contribution is 6.03. The molecular weight excluding hydrogens is 416 g/mol. The molecule has 0 saturated carbocycles. The van der Waals surface area contributed by atoms with Crippen molar-refractivity contribution in [3.63, 3.8) is 0 Å². The van der Waals surface area contributed by atoms with Gasteiger partial charge in [0.15, 0.2) is 5.69 Å². The van der Waals surface area contributed by atoms with Crippen LogP contribution in [0.25, 0.3) is 16.5 Å². The van der Waals surface area contributed by atoms with Gasteiger partial charge in [-0.25, -0.2) is 9.36 Å². The third kappa shape index (κ3) is 3.94. The quantitative estimate of drug-likeness (QED) is 0.429. The normalized spacial score (nSPS) is 11.0. The van der Waals surface area contributed by atoms with Crippen LogP contribution in [-0.2, 0) is 6.54 Å². The maximum atomic E-state index is 13.0. The zero-order valence-electron chi connectivity index (χ0n) is 18.3. The number of methoxy groups -OCH3 is 1. The molecular formula is C25H22N6O2. The van der Waals surface area contributed by atoms with Crippen molar-refractivity contribution in [3.8, 4) is 11.4 Å². The Morgan fingerprint density at radius 2 is 1.79 bits per heavy atom. The Hall–Kier alpha value is -4.46. The summed E-state index contributed by atoms with van der Waals surface area (Å²) in [7, 11) is 1.61. The number of rotatable bonds is 6. The van der Waals surface area contributed by atoms with Crippen molar-refractivity contribution < 1.29 is 9.53 Å². The number of aromatic nitrogens is 5. The fraction of sp³-hybridized carbons (Fsp3) is 0.120. The molecule has 0 fully saturated rings. The summed E-state index contributed by atoms with van der Waals surface area (Å²) in [5.41, 5.74) is 2.80. The van der Waals surface area contributed by atoms with Gasteiger partial charge in [0.25, 0.3) is 5.91 Å². The Morgan fingerprint density at radius 3 is 2.61 bits per heavy atom. The number of anilines is 1. The van der Waals surface area contributed by atoms with Crippen molar-refractivity contribution in [2.24, 2.45) is 0 Å². The Morgan fingerprint density at radius 1 is 1.00 bits per heavy atom. The lowest BCUT2D eigenvalue weighted by atomic mass is 10.0. The number of carbonyl (C=O) groups is 1. The molecule has 0 unspecified atom stereocenters. The largest absolute Gasteiger partial charge is 0.497 e. The summed E-state index contributed by atoms with van der Waals surface area (Å²) >= 11 is 0. The molecule has 2 heterocycles. The summed E-state index contributed by atoms with van der Waals surface area (Å²) < 4.78 is 8.59. The first-order chi connectivity index (χ1) is 16.1. The fourth-order valence-electron chi connectivity index (χ4n) is 3.84.